The highest BCUT2D eigenvalue weighted by molar-refractivity contribution is 7.09. The lowest BCUT2D eigenvalue weighted by atomic mass is 9.73. The van der Waals surface area contributed by atoms with Crippen molar-refractivity contribution in [1.82, 2.24) is 4.98 Å². The van der Waals surface area contributed by atoms with Crippen LogP contribution in [-0.4, -0.2) is 57.5 Å². The molecule has 0 bridgehead atoms. The van der Waals surface area contributed by atoms with E-state index >= 15 is 0 Å². The molecular weight excluding hydrogens is 454 g/mol. The van der Waals surface area contributed by atoms with Crippen molar-refractivity contribution in [3.63, 3.8) is 0 Å². The second-order valence-corrected chi connectivity index (χ2v) is 11.7. The van der Waals surface area contributed by atoms with E-state index in [2.05, 4.69) is 4.98 Å². The quantitative estimate of drug-likeness (QED) is 0.472. The van der Waals surface area contributed by atoms with Gasteiger partial charge in [0.2, 0.25) is 0 Å². The van der Waals surface area contributed by atoms with Crippen molar-refractivity contribution in [1.29, 1.82) is 0 Å². The maximum Gasteiger partial charge on any atom is 0.309 e. The van der Waals surface area contributed by atoms with Crippen molar-refractivity contribution in [2.75, 3.05) is 0 Å². The lowest BCUT2D eigenvalue weighted by Crippen LogP contribution is -2.45. The number of aromatic nitrogens is 1. The summed E-state index contributed by atoms with van der Waals surface area (Å²) < 4.78 is 11.7. The smallest absolute Gasteiger partial charge is 0.309 e. The van der Waals surface area contributed by atoms with Crippen LogP contribution in [-0.2, 0) is 19.1 Å². The summed E-state index contributed by atoms with van der Waals surface area (Å²) in [6, 6.07) is 0. The van der Waals surface area contributed by atoms with E-state index in [1.54, 1.807) is 32.1 Å². The minimum atomic E-state index is -1.22. The van der Waals surface area contributed by atoms with Crippen molar-refractivity contribution < 1.29 is 29.3 Å². The van der Waals surface area contributed by atoms with Gasteiger partial charge in [0.25, 0.3) is 0 Å². The molecule has 190 valence electrons. The van der Waals surface area contributed by atoms with Crippen LogP contribution in [0.3, 0.4) is 0 Å². The van der Waals surface area contributed by atoms with Crippen molar-refractivity contribution in [3.05, 3.63) is 21.7 Å². The van der Waals surface area contributed by atoms with Crippen molar-refractivity contribution in [2.45, 2.75) is 104 Å². The zero-order valence-electron chi connectivity index (χ0n) is 21.1. The first-order valence-electron chi connectivity index (χ1n) is 12.3. The van der Waals surface area contributed by atoms with E-state index in [0.29, 0.717) is 6.42 Å². The van der Waals surface area contributed by atoms with Crippen LogP contribution in [0.5, 0.6) is 0 Å². The molecule has 0 saturated carbocycles. The second-order valence-electron chi connectivity index (χ2n) is 10.6. The summed E-state index contributed by atoms with van der Waals surface area (Å²) in [5.41, 5.74) is 0.494. The number of nitrogens with zero attached hydrogens (tertiary/aromatic N) is 1. The Balaban J connectivity index is 1.81. The third-order valence-electron chi connectivity index (χ3n) is 7.41. The molecule has 7 nitrogen and oxygen atoms in total. The Hall–Kier alpha value is -1.61. The molecule has 1 unspecified atom stereocenters. The van der Waals surface area contributed by atoms with E-state index in [4.69, 9.17) is 9.47 Å². The number of hydrogen-bond acceptors (Lipinski definition) is 8. The molecule has 0 radical (unpaired) electrons. The highest BCUT2D eigenvalue weighted by atomic mass is 32.1. The van der Waals surface area contributed by atoms with E-state index in [-0.39, 0.29) is 30.3 Å². The van der Waals surface area contributed by atoms with Crippen molar-refractivity contribution in [2.24, 2.45) is 17.3 Å². The van der Waals surface area contributed by atoms with E-state index in [1.807, 2.05) is 32.2 Å². The van der Waals surface area contributed by atoms with E-state index in [0.717, 1.165) is 35.5 Å². The lowest BCUT2D eigenvalue weighted by Gasteiger charge is -2.34. The topological polar surface area (TPSA) is 109 Å². The Labute approximate surface area is 206 Å². The molecule has 3 rings (SSSR count). The molecule has 34 heavy (non-hydrogen) atoms. The summed E-state index contributed by atoms with van der Waals surface area (Å²) >= 11 is 1.56. The molecule has 8 heteroatoms. The molecule has 2 fully saturated rings. The Morgan fingerprint density at radius 1 is 1.21 bits per heavy atom. The first kappa shape index (κ1) is 27.0. The molecule has 0 amide bonds. The van der Waals surface area contributed by atoms with E-state index in [1.165, 1.54) is 0 Å². The SMILES string of the molecule is CC(=Cc1csc(C)n1)[C@@H]1CC2O[C@@H]2CCC[C@H](C)[C@H](O)[C@@H](C)C(=O)C(C)(C)[C@@H](O)CC(=O)O1. The van der Waals surface area contributed by atoms with Gasteiger partial charge in [0.1, 0.15) is 11.9 Å². The zero-order chi connectivity index (χ0) is 25.2. The minimum Gasteiger partial charge on any atom is -0.458 e. The maximum absolute atomic E-state index is 13.2. The largest absolute Gasteiger partial charge is 0.458 e. The van der Waals surface area contributed by atoms with Gasteiger partial charge in [0, 0.05) is 17.7 Å². The van der Waals surface area contributed by atoms with Crippen LogP contribution in [0.2, 0.25) is 0 Å². The number of aliphatic hydroxyl groups excluding tert-OH is 2. The summed E-state index contributed by atoms with van der Waals surface area (Å²) in [7, 11) is 0. The summed E-state index contributed by atoms with van der Waals surface area (Å²) in [5.74, 6) is -1.52. The molecule has 0 aliphatic carbocycles. The standard InChI is InChI=1S/C26H39NO6S/c1-14-8-7-9-19-21(32-19)11-20(15(2)10-18-13-34-17(4)27-18)33-23(29)12-22(28)26(5,6)25(31)16(3)24(14)30/h10,13-14,16,19-22,24,28,30H,7-9,11-12H2,1-6H3/t14-,16+,19+,20-,21?,22-,24-/m0/s1. The van der Waals surface area contributed by atoms with Crippen LogP contribution in [0.4, 0.5) is 0 Å². The van der Waals surface area contributed by atoms with E-state index < -0.39 is 35.6 Å². The van der Waals surface area contributed by atoms with Crippen LogP contribution in [0.25, 0.3) is 6.08 Å². The van der Waals surface area contributed by atoms with Crippen LogP contribution < -0.4 is 0 Å². The normalized spacial score (nSPS) is 36.0. The number of fused-ring (bicyclic) bond motifs is 1. The van der Waals surface area contributed by atoms with Crippen LogP contribution in [0.15, 0.2) is 11.0 Å². The fraction of sp³-hybridized carbons (Fsp3) is 0.731. The molecule has 7 atom stereocenters. The molecule has 1 aromatic heterocycles. The van der Waals surface area contributed by atoms with Gasteiger partial charge in [0.05, 0.1) is 47.0 Å². The average Bonchev–Trinajstić information content (AvgIpc) is 3.38. The number of epoxide rings is 1. The Kier molecular flexibility index (Phi) is 8.71. The molecule has 3 heterocycles. The molecule has 2 N–H and O–H groups in total. The Morgan fingerprint density at radius 3 is 2.56 bits per heavy atom. The third kappa shape index (κ3) is 6.53. The first-order chi connectivity index (χ1) is 15.9. The lowest BCUT2D eigenvalue weighted by molar-refractivity contribution is -0.154. The fourth-order valence-corrected chi connectivity index (χ4v) is 5.35. The number of carbonyl (C=O) groups excluding carboxylic acids is 2. The Morgan fingerprint density at radius 2 is 1.91 bits per heavy atom. The van der Waals surface area contributed by atoms with Gasteiger partial charge < -0.3 is 19.7 Å². The third-order valence-corrected chi connectivity index (χ3v) is 8.20. The van der Waals surface area contributed by atoms with Crippen LogP contribution in [0, 0.1) is 24.2 Å². The zero-order valence-corrected chi connectivity index (χ0v) is 21.9. The number of ketones is 1. The van der Waals surface area contributed by atoms with E-state index in [9.17, 15) is 19.8 Å². The second kappa shape index (κ2) is 11.0. The monoisotopic (exact) mass is 493 g/mol. The highest BCUT2D eigenvalue weighted by Crippen LogP contribution is 2.36. The summed E-state index contributed by atoms with van der Waals surface area (Å²) in [4.78, 5) is 30.5. The number of thiazole rings is 1. The molecular formula is C26H39NO6S. The highest BCUT2D eigenvalue weighted by Gasteiger charge is 2.44. The first-order valence-corrected chi connectivity index (χ1v) is 13.1. The van der Waals surface area contributed by atoms with Gasteiger partial charge in [-0.1, -0.05) is 34.1 Å². The number of cyclic esters (lactones) is 1. The predicted octanol–water partition coefficient (Wildman–Crippen LogP) is 4.09. The predicted molar refractivity (Wildman–Crippen MR) is 131 cm³/mol. The molecule has 1 aromatic rings. The van der Waals surface area contributed by atoms with Crippen molar-refractivity contribution >= 4 is 29.2 Å². The number of rotatable bonds is 2. The van der Waals surface area contributed by atoms with Gasteiger partial charge in [-0.15, -0.1) is 11.3 Å². The number of Topliss-reactive ketones (excluding diaryl/α,β-unsaturated/α-hetero) is 1. The number of esters is 1. The van der Waals surface area contributed by atoms with Gasteiger partial charge in [-0.3, -0.25) is 9.59 Å². The van der Waals surface area contributed by atoms with Gasteiger partial charge in [-0.05, 0) is 44.3 Å². The summed E-state index contributed by atoms with van der Waals surface area (Å²) in [5, 5.41) is 24.5. The summed E-state index contributed by atoms with van der Waals surface area (Å²) in [6.45, 7) is 10.8. The number of aliphatic hydroxyl groups is 2. The number of hydrogen-bond donors (Lipinski definition) is 2. The van der Waals surface area contributed by atoms with Gasteiger partial charge in [0.15, 0.2) is 0 Å². The fourth-order valence-electron chi connectivity index (χ4n) is 4.78. The molecule has 0 aromatic carbocycles. The molecule has 2 aliphatic heterocycles. The van der Waals surface area contributed by atoms with Gasteiger partial charge >= 0.3 is 5.97 Å². The molecule has 2 saturated heterocycles. The maximum atomic E-state index is 13.2. The average molecular weight is 494 g/mol. The number of aryl methyl sites for hydroxylation is 1. The van der Waals surface area contributed by atoms with Crippen LogP contribution >= 0.6 is 11.3 Å². The van der Waals surface area contributed by atoms with Crippen LogP contribution in [0.1, 0.15) is 77.4 Å². The Bertz CT molecular complexity index is 909. The molecule has 2 aliphatic rings. The molecule has 0 spiro atoms. The van der Waals surface area contributed by atoms with Gasteiger partial charge in [-0.2, -0.15) is 0 Å². The number of ether oxygens (including phenoxy) is 2. The van der Waals surface area contributed by atoms with Gasteiger partial charge in [-0.25, -0.2) is 4.98 Å². The minimum absolute atomic E-state index is 0.00770. The van der Waals surface area contributed by atoms with Crippen molar-refractivity contribution in [3.8, 4) is 0 Å². The summed E-state index contributed by atoms with van der Waals surface area (Å²) in [6.07, 6.45) is 2.28. The number of carbonyl (C=O) groups is 2.